The van der Waals surface area contributed by atoms with Gasteiger partial charge in [-0.3, -0.25) is 9.59 Å². The van der Waals surface area contributed by atoms with Crippen LogP contribution >= 0.6 is 0 Å². The van der Waals surface area contributed by atoms with Crippen LogP contribution in [0, 0.1) is 6.92 Å². The summed E-state index contributed by atoms with van der Waals surface area (Å²) >= 11 is 0. The first-order valence-corrected chi connectivity index (χ1v) is 8.91. The number of nitrogens with zero attached hydrogens (tertiary/aromatic N) is 2. The van der Waals surface area contributed by atoms with Crippen LogP contribution < -0.4 is 15.4 Å². The van der Waals surface area contributed by atoms with Gasteiger partial charge in [0, 0.05) is 5.56 Å². The standard InChI is InChI=1S/C19H24N4O3/c1-4-14(5-2)23-19(12(3)10-20-23)22-17(24)9-13-6-7-16-15(8-13)21-18(25)11-26-16/h6-8,10,14H,4-5,9,11H2,1-3H3,(H,21,25)(H,22,24). The molecule has 2 aromatic rings. The zero-order chi connectivity index (χ0) is 18.7. The van der Waals surface area contributed by atoms with Crippen LogP contribution in [0.4, 0.5) is 11.5 Å². The van der Waals surface area contributed by atoms with Crippen LogP contribution in [0.25, 0.3) is 0 Å². The van der Waals surface area contributed by atoms with Crippen molar-refractivity contribution in [2.45, 2.75) is 46.1 Å². The first-order chi connectivity index (χ1) is 12.5. The van der Waals surface area contributed by atoms with Crippen molar-refractivity contribution >= 4 is 23.3 Å². The fourth-order valence-electron chi connectivity index (χ4n) is 3.12. The molecule has 0 radical (unpaired) electrons. The molecule has 2 amide bonds. The van der Waals surface area contributed by atoms with E-state index in [4.69, 9.17) is 4.74 Å². The molecule has 1 aromatic heterocycles. The van der Waals surface area contributed by atoms with Crippen molar-refractivity contribution in [1.82, 2.24) is 9.78 Å². The van der Waals surface area contributed by atoms with E-state index in [1.807, 2.05) is 17.7 Å². The van der Waals surface area contributed by atoms with Crippen LogP contribution in [-0.2, 0) is 16.0 Å². The number of benzene rings is 1. The maximum atomic E-state index is 12.5. The summed E-state index contributed by atoms with van der Waals surface area (Å²) in [7, 11) is 0. The van der Waals surface area contributed by atoms with Crippen molar-refractivity contribution in [2.24, 2.45) is 0 Å². The highest BCUT2D eigenvalue weighted by atomic mass is 16.5. The molecular formula is C19H24N4O3. The first-order valence-electron chi connectivity index (χ1n) is 8.91. The first kappa shape index (κ1) is 18.0. The number of aryl methyl sites for hydroxylation is 1. The van der Waals surface area contributed by atoms with Gasteiger partial charge in [-0.05, 0) is 37.5 Å². The lowest BCUT2D eigenvalue weighted by Crippen LogP contribution is -2.25. The Balaban J connectivity index is 1.73. The van der Waals surface area contributed by atoms with E-state index < -0.39 is 0 Å². The third-order valence-electron chi connectivity index (χ3n) is 4.57. The van der Waals surface area contributed by atoms with Gasteiger partial charge in [0.2, 0.25) is 5.91 Å². The van der Waals surface area contributed by atoms with Crippen molar-refractivity contribution < 1.29 is 14.3 Å². The molecule has 3 rings (SSSR count). The number of amides is 2. The Labute approximate surface area is 152 Å². The fourth-order valence-corrected chi connectivity index (χ4v) is 3.12. The molecule has 0 spiro atoms. The maximum absolute atomic E-state index is 12.5. The Bertz CT molecular complexity index is 824. The van der Waals surface area contributed by atoms with Gasteiger partial charge in [-0.2, -0.15) is 5.10 Å². The highest BCUT2D eigenvalue weighted by Crippen LogP contribution is 2.29. The molecule has 1 aliphatic rings. The maximum Gasteiger partial charge on any atom is 0.262 e. The average molecular weight is 356 g/mol. The zero-order valence-corrected chi connectivity index (χ0v) is 15.3. The molecule has 2 N–H and O–H groups in total. The second-order valence-corrected chi connectivity index (χ2v) is 6.48. The molecule has 0 unspecified atom stereocenters. The fraction of sp³-hybridized carbons (Fsp3) is 0.421. The van der Waals surface area contributed by atoms with Crippen molar-refractivity contribution in [3.8, 4) is 5.75 Å². The average Bonchev–Trinajstić information content (AvgIpc) is 2.96. The van der Waals surface area contributed by atoms with Crippen LogP contribution in [0.15, 0.2) is 24.4 Å². The minimum absolute atomic E-state index is 0.0200. The smallest absolute Gasteiger partial charge is 0.262 e. The van der Waals surface area contributed by atoms with Crippen LogP contribution in [0.2, 0.25) is 0 Å². The minimum atomic E-state index is -0.191. The van der Waals surface area contributed by atoms with E-state index in [1.54, 1.807) is 18.3 Å². The molecule has 0 saturated heterocycles. The Morgan fingerprint density at radius 3 is 2.88 bits per heavy atom. The van der Waals surface area contributed by atoms with Crippen LogP contribution in [-0.4, -0.2) is 28.2 Å². The van der Waals surface area contributed by atoms with Gasteiger partial charge in [0.25, 0.3) is 5.91 Å². The molecule has 1 aliphatic heterocycles. The minimum Gasteiger partial charge on any atom is -0.482 e. The van der Waals surface area contributed by atoms with E-state index in [-0.39, 0.29) is 30.9 Å². The number of rotatable bonds is 6. The molecular weight excluding hydrogens is 332 g/mol. The number of aromatic nitrogens is 2. The predicted molar refractivity (Wildman–Crippen MR) is 99.5 cm³/mol. The van der Waals surface area contributed by atoms with E-state index in [0.29, 0.717) is 11.4 Å². The molecule has 0 bridgehead atoms. The molecule has 2 heterocycles. The zero-order valence-electron chi connectivity index (χ0n) is 15.3. The summed E-state index contributed by atoms with van der Waals surface area (Å²) in [5, 5.41) is 10.2. The Hall–Kier alpha value is -2.83. The van der Waals surface area contributed by atoms with E-state index in [0.717, 1.165) is 29.8 Å². The quantitative estimate of drug-likeness (QED) is 0.833. The number of hydrogen-bond acceptors (Lipinski definition) is 4. The van der Waals surface area contributed by atoms with E-state index >= 15 is 0 Å². The Kier molecular flexibility index (Phi) is 5.25. The lowest BCUT2D eigenvalue weighted by atomic mass is 10.1. The highest BCUT2D eigenvalue weighted by molar-refractivity contribution is 5.96. The van der Waals surface area contributed by atoms with Crippen molar-refractivity contribution in [3.05, 3.63) is 35.5 Å². The normalized spacial score (nSPS) is 13.2. The Morgan fingerprint density at radius 1 is 1.38 bits per heavy atom. The Morgan fingerprint density at radius 2 is 2.15 bits per heavy atom. The molecule has 138 valence electrons. The number of ether oxygens (including phenoxy) is 1. The second-order valence-electron chi connectivity index (χ2n) is 6.48. The summed E-state index contributed by atoms with van der Waals surface area (Å²) in [4.78, 5) is 24.0. The monoisotopic (exact) mass is 356 g/mol. The highest BCUT2D eigenvalue weighted by Gasteiger charge is 2.19. The van der Waals surface area contributed by atoms with Gasteiger partial charge < -0.3 is 15.4 Å². The van der Waals surface area contributed by atoms with Crippen molar-refractivity contribution in [1.29, 1.82) is 0 Å². The largest absolute Gasteiger partial charge is 0.482 e. The number of nitrogens with one attached hydrogen (secondary N) is 2. The van der Waals surface area contributed by atoms with Crippen molar-refractivity contribution in [3.63, 3.8) is 0 Å². The summed E-state index contributed by atoms with van der Waals surface area (Å²) in [5.41, 5.74) is 2.35. The lowest BCUT2D eigenvalue weighted by Gasteiger charge is -2.19. The molecule has 7 heteroatoms. The third-order valence-corrected chi connectivity index (χ3v) is 4.57. The van der Waals surface area contributed by atoms with Crippen molar-refractivity contribution in [2.75, 3.05) is 17.2 Å². The number of anilines is 2. The molecule has 0 fully saturated rings. The molecule has 1 aromatic carbocycles. The topological polar surface area (TPSA) is 85.3 Å². The van der Waals surface area contributed by atoms with Gasteiger partial charge in [0.15, 0.2) is 6.61 Å². The van der Waals surface area contributed by atoms with Gasteiger partial charge in [0.1, 0.15) is 11.6 Å². The lowest BCUT2D eigenvalue weighted by molar-refractivity contribution is -0.118. The molecule has 0 aliphatic carbocycles. The van der Waals surface area contributed by atoms with E-state index in [1.165, 1.54) is 0 Å². The molecule has 7 nitrogen and oxygen atoms in total. The third kappa shape index (κ3) is 3.71. The van der Waals surface area contributed by atoms with Gasteiger partial charge in [0.05, 0.1) is 24.3 Å². The van der Waals surface area contributed by atoms with Crippen LogP contribution in [0.1, 0.15) is 43.9 Å². The number of hydrogen-bond donors (Lipinski definition) is 2. The van der Waals surface area contributed by atoms with Gasteiger partial charge in [-0.25, -0.2) is 4.68 Å². The molecule has 26 heavy (non-hydrogen) atoms. The van der Waals surface area contributed by atoms with Gasteiger partial charge >= 0.3 is 0 Å². The SMILES string of the molecule is CCC(CC)n1ncc(C)c1NC(=O)Cc1ccc2c(c1)NC(=O)CO2. The number of carbonyl (C=O) groups is 2. The van der Waals surface area contributed by atoms with E-state index in [2.05, 4.69) is 29.6 Å². The second kappa shape index (κ2) is 7.59. The predicted octanol–water partition coefficient (Wildman–Crippen LogP) is 3.06. The summed E-state index contributed by atoms with van der Waals surface area (Å²) in [6.07, 6.45) is 3.88. The van der Waals surface area contributed by atoms with Crippen LogP contribution in [0.3, 0.4) is 0 Å². The van der Waals surface area contributed by atoms with Gasteiger partial charge in [-0.1, -0.05) is 19.9 Å². The summed E-state index contributed by atoms with van der Waals surface area (Å²) in [6, 6.07) is 5.64. The van der Waals surface area contributed by atoms with E-state index in [9.17, 15) is 9.59 Å². The van der Waals surface area contributed by atoms with Gasteiger partial charge in [-0.15, -0.1) is 0 Å². The number of fused-ring (bicyclic) bond motifs is 1. The summed E-state index contributed by atoms with van der Waals surface area (Å²) in [5.74, 6) is 1.06. The molecule has 0 atom stereocenters. The number of carbonyl (C=O) groups excluding carboxylic acids is 2. The van der Waals surface area contributed by atoms with Crippen LogP contribution in [0.5, 0.6) is 5.75 Å². The summed E-state index contributed by atoms with van der Waals surface area (Å²) < 4.78 is 7.24. The molecule has 0 saturated carbocycles. The summed E-state index contributed by atoms with van der Waals surface area (Å²) in [6.45, 7) is 6.18.